The van der Waals surface area contributed by atoms with Gasteiger partial charge in [0.2, 0.25) is 11.6 Å². The van der Waals surface area contributed by atoms with E-state index in [2.05, 4.69) is 24.7 Å². The zero-order valence-corrected chi connectivity index (χ0v) is 20.5. The summed E-state index contributed by atoms with van der Waals surface area (Å²) in [6, 6.07) is 17.3. The van der Waals surface area contributed by atoms with Gasteiger partial charge in [0, 0.05) is 12.4 Å². The summed E-state index contributed by atoms with van der Waals surface area (Å²) < 4.78 is 45.4. The van der Waals surface area contributed by atoms with Gasteiger partial charge in [-0.1, -0.05) is 42.5 Å². The van der Waals surface area contributed by atoms with Crippen LogP contribution < -0.4 is 18.9 Å². The Labute approximate surface area is 262 Å². The Kier molecular flexibility index (Phi) is 11.2. The zero-order valence-electron chi connectivity index (χ0n) is 19.7. The second-order valence-corrected chi connectivity index (χ2v) is 8.85. The summed E-state index contributed by atoms with van der Waals surface area (Å²) in [7, 11) is -2.61. The number of para-hydroxylation sites is 2. The molecule has 0 fully saturated rings. The second-order valence-electron chi connectivity index (χ2n) is 7.29. The molecule has 11 nitrogen and oxygen atoms in total. The number of aromatic nitrogens is 4. The van der Waals surface area contributed by atoms with Gasteiger partial charge in [-0.2, -0.15) is 4.98 Å². The van der Waals surface area contributed by atoms with Gasteiger partial charge in [-0.05, 0) is 29.8 Å². The van der Waals surface area contributed by atoms with E-state index in [1.165, 1.54) is 25.6 Å². The summed E-state index contributed by atoms with van der Waals surface area (Å²) in [6.45, 7) is -0.468. The number of sulfonamides is 1. The molecule has 0 spiro atoms. The fourth-order valence-electron chi connectivity index (χ4n) is 3.06. The van der Waals surface area contributed by atoms with Gasteiger partial charge in [0.15, 0.2) is 23.1 Å². The molecule has 0 bridgehead atoms. The first-order valence-corrected chi connectivity index (χ1v) is 12.5. The molecule has 2 aromatic heterocycles. The van der Waals surface area contributed by atoms with Crippen molar-refractivity contribution in [3.63, 3.8) is 0 Å². The average molecular weight is 562 g/mol. The summed E-state index contributed by atoms with van der Waals surface area (Å²) in [5, 5.41) is 10.3. The van der Waals surface area contributed by atoms with Gasteiger partial charge in [-0.25, -0.2) is 23.4 Å². The van der Waals surface area contributed by atoms with Crippen LogP contribution in [0.15, 0.2) is 78.5 Å². The Morgan fingerprint density at radius 2 is 1.61 bits per heavy atom. The molecule has 0 atom stereocenters. The fourth-order valence-corrected chi connectivity index (χ4v) is 3.87. The van der Waals surface area contributed by atoms with E-state index < -0.39 is 10.0 Å². The topological polar surface area (TPSA) is 146 Å². The molecule has 4 rings (SSSR count). The van der Waals surface area contributed by atoms with Gasteiger partial charge in [0.1, 0.15) is 6.61 Å². The van der Waals surface area contributed by atoms with Gasteiger partial charge in [-0.15, -0.1) is 0 Å². The van der Waals surface area contributed by atoms with Crippen LogP contribution in [0.2, 0.25) is 0 Å². The van der Waals surface area contributed by atoms with Crippen molar-refractivity contribution in [1.29, 1.82) is 0 Å². The van der Waals surface area contributed by atoms with Crippen LogP contribution in [0.5, 0.6) is 23.1 Å². The third kappa shape index (κ3) is 8.04. The van der Waals surface area contributed by atoms with E-state index in [1.54, 1.807) is 54.6 Å². The number of anilines is 1. The van der Waals surface area contributed by atoms with E-state index in [-0.39, 0.29) is 99.4 Å². The van der Waals surface area contributed by atoms with Gasteiger partial charge < -0.3 is 19.3 Å². The van der Waals surface area contributed by atoms with Crippen molar-refractivity contribution >= 4 is 73.3 Å². The Hall–Kier alpha value is -2.91. The summed E-state index contributed by atoms with van der Waals surface area (Å²) in [5.41, 5.74) is 0.686. The molecule has 38 heavy (non-hydrogen) atoms. The molecule has 0 radical (unpaired) electrons. The number of ether oxygens (including phenoxy) is 3. The van der Waals surface area contributed by atoms with Crippen molar-refractivity contribution in [2.75, 3.05) is 25.0 Å². The molecule has 2 N–H and O–H groups in total. The number of hydrogen-bond acceptors (Lipinski definition) is 10. The molecule has 4 aromatic rings. The van der Waals surface area contributed by atoms with E-state index in [1.807, 2.05) is 6.07 Å². The van der Waals surface area contributed by atoms with Crippen LogP contribution in [-0.4, -0.2) is 105 Å². The average Bonchev–Trinajstić information content (AvgIpc) is 2.93. The van der Waals surface area contributed by atoms with Crippen LogP contribution in [0.25, 0.3) is 17.7 Å². The van der Waals surface area contributed by atoms with Gasteiger partial charge in [-0.3, -0.25) is 4.72 Å². The first kappa shape index (κ1) is 29.6. The van der Waals surface area contributed by atoms with E-state index in [9.17, 15) is 13.5 Å². The van der Waals surface area contributed by atoms with Gasteiger partial charge >= 0.3 is 51.4 Å². The molecule has 0 aliphatic carbocycles. The number of benzene rings is 2. The van der Waals surface area contributed by atoms with Crippen molar-refractivity contribution in [2.24, 2.45) is 0 Å². The van der Waals surface area contributed by atoms with Crippen molar-refractivity contribution in [3.05, 3.63) is 84.0 Å². The maximum atomic E-state index is 13.0. The van der Waals surface area contributed by atoms with Crippen LogP contribution in [0.1, 0.15) is 5.56 Å². The predicted molar refractivity (Wildman–Crippen MR) is 144 cm³/mol. The SMILES string of the molecule is COc1ccccc1Oc1c(NS(=O)(=O)C=Cc2ccccc2)nc(-c2ncccn2)nc1OCCO.[KH]. The Morgan fingerprint density at radius 3 is 2.29 bits per heavy atom. The zero-order chi connectivity index (χ0) is 26.1. The van der Waals surface area contributed by atoms with E-state index in [0.29, 0.717) is 11.3 Å². The second kappa shape index (κ2) is 14.3. The molecule has 192 valence electrons. The third-order valence-electron chi connectivity index (χ3n) is 4.69. The van der Waals surface area contributed by atoms with Crippen LogP contribution in [0, 0.1) is 0 Å². The normalized spacial score (nSPS) is 11.0. The van der Waals surface area contributed by atoms with Crippen LogP contribution in [0.3, 0.4) is 0 Å². The predicted octanol–water partition coefficient (Wildman–Crippen LogP) is 2.87. The fraction of sp³-hybridized carbons (Fsp3) is 0.120. The van der Waals surface area contributed by atoms with Gasteiger partial charge in [0.25, 0.3) is 15.9 Å². The van der Waals surface area contributed by atoms with E-state index in [4.69, 9.17) is 14.2 Å². The summed E-state index contributed by atoms with van der Waals surface area (Å²) in [6.07, 6.45) is 4.42. The third-order valence-corrected chi connectivity index (χ3v) is 5.66. The Balaban J connectivity index is 0.00000400. The Morgan fingerprint density at radius 1 is 0.921 bits per heavy atom. The van der Waals surface area contributed by atoms with Crippen LogP contribution >= 0.6 is 0 Å². The molecular formula is C25H24KN5O6S. The van der Waals surface area contributed by atoms with Crippen molar-refractivity contribution in [1.82, 2.24) is 19.9 Å². The molecule has 2 aromatic carbocycles. The van der Waals surface area contributed by atoms with Crippen molar-refractivity contribution in [3.8, 4) is 34.8 Å². The molecule has 13 heteroatoms. The molecule has 0 aliphatic heterocycles. The van der Waals surface area contributed by atoms with E-state index >= 15 is 0 Å². The molecule has 0 amide bonds. The summed E-state index contributed by atoms with van der Waals surface area (Å²) in [5.74, 6) is 0.229. The number of methoxy groups -OCH3 is 1. The van der Waals surface area contributed by atoms with Crippen LogP contribution in [0.4, 0.5) is 5.82 Å². The molecule has 0 unspecified atom stereocenters. The van der Waals surface area contributed by atoms with Gasteiger partial charge in [0.05, 0.1) is 19.1 Å². The maximum absolute atomic E-state index is 13.0. The molecule has 2 heterocycles. The number of nitrogens with one attached hydrogen (secondary N) is 1. The molecule has 0 saturated heterocycles. The van der Waals surface area contributed by atoms with E-state index in [0.717, 1.165) is 5.41 Å². The standard InChI is InChI=1S/C25H23N5O6S.K.H/c1-34-19-10-5-6-11-20(19)36-21-22(30-37(32,33)17-12-18-8-3-2-4-9-18)28-24(23-26-13-7-14-27-23)29-25(21)35-16-15-31;;/h2-14,17,31H,15-16H2,1H3,(H,28,29,30);;. The minimum atomic E-state index is -4.08. The number of aliphatic hydroxyl groups excluding tert-OH is 1. The quantitative estimate of drug-likeness (QED) is 0.262. The monoisotopic (exact) mass is 561 g/mol. The number of nitrogens with zero attached hydrogens (tertiary/aromatic N) is 4. The number of aliphatic hydroxyl groups is 1. The number of rotatable bonds is 11. The molecule has 0 aliphatic rings. The molecular weight excluding hydrogens is 537 g/mol. The first-order valence-electron chi connectivity index (χ1n) is 11.0. The molecule has 0 saturated carbocycles. The minimum absolute atomic E-state index is 0. The van der Waals surface area contributed by atoms with Crippen molar-refractivity contribution < 1.29 is 27.7 Å². The van der Waals surface area contributed by atoms with Crippen molar-refractivity contribution in [2.45, 2.75) is 0 Å². The number of hydrogen-bond donors (Lipinski definition) is 2. The van der Waals surface area contributed by atoms with Crippen LogP contribution in [-0.2, 0) is 10.0 Å². The summed E-state index contributed by atoms with van der Waals surface area (Å²) in [4.78, 5) is 16.9. The first-order chi connectivity index (χ1) is 18.0. The summed E-state index contributed by atoms with van der Waals surface area (Å²) >= 11 is 0. The Bertz CT molecular complexity index is 1470.